The number of nitrogens with zero attached hydrogens (tertiary/aromatic N) is 2. The third-order valence-corrected chi connectivity index (χ3v) is 5.39. The molecule has 0 spiro atoms. The maximum atomic E-state index is 13.0. The molecule has 3 heterocycles. The number of allylic oxidation sites excluding steroid dienone is 1. The van der Waals surface area contributed by atoms with E-state index in [1.54, 1.807) is 17.0 Å². The molecule has 1 aromatic carbocycles. The number of ether oxygens (including phenoxy) is 1. The number of morpholine rings is 1. The number of carbonyl (C=O) groups excluding carboxylic acids is 2. The number of aliphatic hydroxyl groups excluding tert-OH is 1. The number of aliphatic hydroxyl groups is 1. The van der Waals surface area contributed by atoms with Gasteiger partial charge in [0, 0.05) is 26.2 Å². The fraction of sp³-hybridized carbons (Fsp3) is 0.304. The Labute approximate surface area is 174 Å². The fourth-order valence-corrected chi connectivity index (χ4v) is 3.83. The van der Waals surface area contributed by atoms with Crippen LogP contribution in [0.3, 0.4) is 0 Å². The summed E-state index contributed by atoms with van der Waals surface area (Å²) in [6.07, 6.45) is 4.38. The molecule has 7 heteroatoms. The summed E-state index contributed by atoms with van der Waals surface area (Å²) >= 11 is 0. The topological polar surface area (TPSA) is 83.2 Å². The Kier molecular flexibility index (Phi) is 6.11. The molecular formula is C23H24N2O5. The number of hydrogen-bond acceptors (Lipinski definition) is 6. The summed E-state index contributed by atoms with van der Waals surface area (Å²) in [7, 11) is 0. The van der Waals surface area contributed by atoms with E-state index in [0.717, 1.165) is 18.7 Å². The first kappa shape index (κ1) is 20.1. The first-order valence-electron chi connectivity index (χ1n) is 10.00. The average Bonchev–Trinajstić information content (AvgIpc) is 3.39. The number of rotatable bonds is 7. The standard InChI is InChI=1S/C23H24N2O5/c26-19(9-8-18-7-4-14-30-18)20-21(17-5-2-1-3-6-17)25(23(28)22(20)27)11-10-24-12-15-29-16-13-24/h1-9,14,21,27H,10-13,15-16H2/b9-8+. The molecule has 0 bridgehead atoms. The van der Waals surface area contributed by atoms with Crippen molar-refractivity contribution in [2.75, 3.05) is 39.4 Å². The second-order valence-corrected chi connectivity index (χ2v) is 7.24. The van der Waals surface area contributed by atoms with Gasteiger partial charge < -0.3 is 19.2 Å². The van der Waals surface area contributed by atoms with Crippen molar-refractivity contribution in [3.05, 3.63) is 77.5 Å². The minimum atomic E-state index is -0.631. The minimum Gasteiger partial charge on any atom is -0.503 e. The highest BCUT2D eigenvalue weighted by Gasteiger charge is 2.42. The molecule has 0 radical (unpaired) electrons. The van der Waals surface area contributed by atoms with E-state index in [2.05, 4.69) is 4.90 Å². The molecule has 2 aliphatic rings. The van der Waals surface area contributed by atoms with Gasteiger partial charge in [-0.05, 0) is 29.8 Å². The van der Waals surface area contributed by atoms with E-state index >= 15 is 0 Å². The van der Waals surface area contributed by atoms with Crippen LogP contribution in [0.5, 0.6) is 0 Å². The van der Waals surface area contributed by atoms with E-state index in [1.165, 1.54) is 18.4 Å². The molecule has 1 aromatic heterocycles. The number of hydrogen-bond donors (Lipinski definition) is 1. The van der Waals surface area contributed by atoms with Gasteiger partial charge in [-0.2, -0.15) is 0 Å². The van der Waals surface area contributed by atoms with Gasteiger partial charge in [-0.1, -0.05) is 30.3 Å². The van der Waals surface area contributed by atoms with Crippen LogP contribution in [0.2, 0.25) is 0 Å². The summed E-state index contributed by atoms with van der Waals surface area (Å²) < 4.78 is 10.6. The zero-order valence-electron chi connectivity index (χ0n) is 16.6. The van der Waals surface area contributed by atoms with E-state index in [1.807, 2.05) is 30.3 Å². The second kappa shape index (κ2) is 9.11. The molecule has 0 saturated carbocycles. The van der Waals surface area contributed by atoms with Gasteiger partial charge in [0.05, 0.1) is 31.1 Å². The highest BCUT2D eigenvalue weighted by molar-refractivity contribution is 6.14. The number of amides is 1. The molecule has 4 rings (SSSR count). The van der Waals surface area contributed by atoms with Crippen LogP contribution < -0.4 is 0 Å². The van der Waals surface area contributed by atoms with Crippen molar-refractivity contribution in [2.24, 2.45) is 0 Å². The quantitative estimate of drug-likeness (QED) is 0.709. The van der Waals surface area contributed by atoms with Crippen molar-refractivity contribution in [3.63, 3.8) is 0 Å². The maximum absolute atomic E-state index is 13.0. The van der Waals surface area contributed by atoms with Crippen molar-refractivity contribution in [3.8, 4) is 0 Å². The Hall–Kier alpha value is -3.16. The van der Waals surface area contributed by atoms with Crippen molar-refractivity contribution in [1.29, 1.82) is 0 Å². The normalized spacial score (nSPS) is 20.5. The lowest BCUT2D eigenvalue weighted by atomic mass is 9.96. The maximum Gasteiger partial charge on any atom is 0.290 e. The van der Waals surface area contributed by atoms with Crippen LogP contribution in [-0.4, -0.2) is 66.0 Å². The third-order valence-electron chi connectivity index (χ3n) is 5.39. The van der Waals surface area contributed by atoms with Gasteiger partial charge in [-0.15, -0.1) is 0 Å². The highest BCUT2D eigenvalue weighted by atomic mass is 16.5. The Morgan fingerprint density at radius 2 is 1.87 bits per heavy atom. The van der Waals surface area contributed by atoms with Crippen LogP contribution in [0.1, 0.15) is 17.4 Å². The summed E-state index contributed by atoms with van der Waals surface area (Å²) in [6, 6.07) is 12.1. The summed E-state index contributed by atoms with van der Waals surface area (Å²) in [5, 5.41) is 10.6. The molecular weight excluding hydrogens is 384 g/mol. The molecule has 1 atom stereocenters. The molecule has 7 nitrogen and oxygen atoms in total. The van der Waals surface area contributed by atoms with Crippen LogP contribution in [0.25, 0.3) is 6.08 Å². The molecule has 1 fully saturated rings. The fourth-order valence-electron chi connectivity index (χ4n) is 3.83. The molecule has 1 N–H and O–H groups in total. The van der Waals surface area contributed by atoms with Crippen LogP contribution in [0.4, 0.5) is 0 Å². The monoisotopic (exact) mass is 408 g/mol. The third kappa shape index (κ3) is 4.22. The zero-order valence-corrected chi connectivity index (χ0v) is 16.6. The largest absolute Gasteiger partial charge is 0.503 e. The molecule has 2 aliphatic heterocycles. The van der Waals surface area contributed by atoms with E-state index in [9.17, 15) is 14.7 Å². The molecule has 1 amide bonds. The van der Waals surface area contributed by atoms with Gasteiger partial charge in [-0.3, -0.25) is 14.5 Å². The predicted octanol–water partition coefficient (Wildman–Crippen LogP) is 2.59. The van der Waals surface area contributed by atoms with E-state index in [-0.39, 0.29) is 5.57 Å². The Balaban J connectivity index is 1.59. The predicted molar refractivity (Wildman–Crippen MR) is 111 cm³/mol. The highest BCUT2D eigenvalue weighted by Crippen LogP contribution is 2.37. The van der Waals surface area contributed by atoms with Crippen molar-refractivity contribution < 1.29 is 23.8 Å². The average molecular weight is 408 g/mol. The van der Waals surface area contributed by atoms with Gasteiger partial charge in [0.1, 0.15) is 5.76 Å². The Bertz CT molecular complexity index is 943. The van der Waals surface area contributed by atoms with E-state index in [4.69, 9.17) is 9.15 Å². The summed E-state index contributed by atoms with van der Waals surface area (Å²) in [6.45, 7) is 3.99. The van der Waals surface area contributed by atoms with Crippen molar-refractivity contribution in [1.82, 2.24) is 9.80 Å². The molecule has 1 saturated heterocycles. The summed E-state index contributed by atoms with van der Waals surface area (Å²) in [5.74, 6) is -0.903. The molecule has 156 valence electrons. The first-order valence-corrected chi connectivity index (χ1v) is 10.00. The van der Waals surface area contributed by atoms with E-state index < -0.39 is 23.5 Å². The lowest BCUT2D eigenvalue weighted by Gasteiger charge is -2.31. The van der Waals surface area contributed by atoms with Crippen molar-refractivity contribution in [2.45, 2.75) is 6.04 Å². The summed E-state index contributed by atoms with van der Waals surface area (Å²) in [4.78, 5) is 29.7. The first-order chi connectivity index (χ1) is 14.6. The molecule has 2 aromatic rings. The second-order valence-electron chi connectivity index (χ2n) is 7.24. The number of furan rings is 1. The van der Waals surface area contributed by atoms with Crippen LogP contribution >= 0.6 is 0 Å². The Morgan fingerprint density at radius 1 is 1.10 bits per heavy atom. The lowest BCUT2D eigenvalue weighted by molar-refractivity contribution is -0.129. The smallest absolute Gasteiger partial charge is 0.290 e. The number of ketones is 1. The van der Waals surface area contributed by atoms with Crippen molar-refractivity contribution >= 4 is 17.8 Å². The Morgan fingerprint density at radius 3 is 2.57 bits per heavy atom. The van der Waals surface area contributed by atoms with Crippen LogP contribution in [-0.2, 0) is 14.3 Å². The molecule has 0 aliphatic carbocycles. The van der Waals surface area contributed by atoms with Gasteiger partial charge >= 0.3 is 0 Å². The molecule has 1 unspecified atom stereocenters. The summed E-state index contributed by atoms with van der Waals surface area (Å²) in [5.41, 5.74) is 0.877. The van der Waals surface area contributed by atoms with Crippen LogP contribution in [0, 0.1) is 0 Å². The van der Waals surface area contributed by atoms with Gasteiger partial charge in [0.25, 0.3) is 5.91 Å². The number of benzene rings is 1. The zero-order chi connectivity index (χ0) is 20.9. The molecule has 30 heavy (non-hydrogen) atoms. The van der Waals surface area contributed by atoms with Gasteiger partial charge in [0.15, 0.2) is 11.5 Å². The van der Waals surface area contributed by atoms with E-state index in [0.29, 0.717) is 32.1 Å². The van der Waals surface area contributed by atoms with Gasteiger partial charge in [-0.25, -0.2) is 0 Å². The van der Waals surface area contributed by atoms with Crippen LogP contribution in [0.15, 0.2) is 70.6 Å². The van der Waals surface area contributed by atoms with Gasteiger partial charge in [0.2, 0.25) is 0 Å². The number of carbonyl (C=O) groups is 2. The minimum absolute atomic E-state index is 0.0935. The lowest BCUT2D eigenvalue weighted by Crippen LogP contribution is -2.43. The SMILES string of the molecule is O=C(/C=C/c1ccco1)C1=C(O)C(=O)N(CCN2CCOCC2)C1c1ccccc1.